The maximum Gasteiger partial charge on any atom is 0.213 e. The van der Waals surface area contributed by atoms with E-state index >= 15 is 0 Å². The second-order valence-corrected chi connectivity index (χ2v) is 3.63. The summed E-state index contributed by atoms with van der Waals surface area (Å²) in [4.78, 5) is 4.09. The van der Waals surface area contributed by atoms with E-state index in [1.54, 1.807) is 17.5 Å². The Morgan fingerprint density at radius 1 is 1.62 bits per heavy atom. The number of nitrogens with one attached hydrogen (secondary N) is 1. The average molecular weight is 211 g/mol. The number of thiophene rings is 1. The van der Waals surface area contributed by atoms with Crippen molar-refractivity contribution in [3.63, 3.8) is 0 Å². The maximum atomic E-state index is 4.09. The number of anilines is 1. The van der Waals surface area contributed by atoms with Crippen LogP contribution in [0.1, 0.15) is 5.56 Å². The molecular formula is C8H9N3S2. The van der Waals surface area contributed by atoms with E-state index in [0.29, 0.717) is 0 Å². The molecule has 0 radical (unpaired) electrons. The summed E-state index contributed by atoms with van der Waals surface area (Å²) < 4.78 is 4.75. The Hall–Kier alpha value is -0.940. The smallest absolute Gasteiger partial charge is 0.213 e. The Kier molecular flexibility index (Phi) is 2.56. The molecule has 0 bridgehead atoms. The van der Waals surface area contributed by atoms with Crippen molar-refractivity contribution < 1.29 is 0 Å². The van der Waals surface area contributed by atoms with Crippen LogP contribution in [0.25, 0.3) is 0 Å². The van der Waals surface area contributed by atoms with Crippen LogP contribution in [-0.2, 0) is 6.54 Å². The molecule has 0 amide bonds. The quantitative estimate of drug-likeness (QED) is 0.763. The van der Waals surface area contributed by atoms with Crippen molar-refractivity contribution in [2.45, 2.75) is 6.54 Å². The molecule has 0 aliphatic carbocycles. The van der Waals surface area contributed by atoms with Crippen LogP contribution in [0.4, 0.5) is 5.95 Å². The Bertz CT molecular complexity index is 366. The van der Waals surface area contributed by atoms with Crippen molar-refractivity contribution in [3.05, 3.63) is 34.8 Å². The molecule has 0 fully saturated rings. The van der Waals surface area contributed by atoms with Crippen molar-refractivity contribution >= 4 is 30.1 Å². The van der Waals surface area contributed by atoms with E-state index in [2.05, 4.69) is 39.3 Å². The fourth-order valence-electron chi connectivity index (χ4n) is 1.13. The zero-order valence-electron chi connectivity index (χ0n) is 6.84. The lowest BCUT2D eigenvalue weighted by Gasteiger charge is -2.03. The monoisotopic (exact) mass is 211 g/mol. The molecular weight excluding hydrogens is 202 g/mol. The average Bonchev–Trinajstić information content (AvgIpc) is 2.76. The molecule has 5 heteroatoms. The summed E-state index contributed by atoms with van der Waals surface area (Å²) in [5.41, 5.74) is 1.29. The van der Waals surface area contributed by atoms with E-state index in [-0.39, 0.29) is 0 Å². The lowest BCUT2D eigenvalue weighted by Crippen LogP contribution is -2.00. The molecule has 0 saturated heterocycles. The van der Waals surface area contributed by atoms with Gasteiger partial charge in [-0.3, -0.25) is 0 Å². The molecule has 2 rings (SSSR count). The summed E-state index contributed by atoms with van der Waals surface area (Å²) >= 11 is 5.67. The standard InChI is InChI=1S/C8H9N3S2/c12-10-8-9-2-3-11(8)5-7-1-4-13-6-7/h1-4,6,12H,5H2,(H,9,10). The van der Waals surface area contributed by atoms with Gasteiger partial charge in [-0.05, 0) is 22.4 Å². The molecule has 13 heavy (non-hydrogen) atoms. The van der Waals surface area contributed by atoms with Crippen LogP contribution >= 0.6 is 24.2 Å². The maximum absolute atomic E-state index is 4.09. The fourth-order valence-corrected chi connectivity index (χ4v) is 1.98. The van der Waals surface area contributed by atoms with Crippen molar-refractivity contribution in [2.75, 3.05) is 4.72 Å². The van der Waals surface area contributed by atoms with Gasteiger partial charge in [0.2, 0.25) is 5.95 Å². The third kappa shape index (κ3) is 1.87. The molecule has 3 nitrogen and oxygen atoms in total. The number of thiol groups is 1. The molecule has 0 spiro atoms. The zero-order valence-corrected chi connectivity index (χ0v) is 8.55. The van der Waals surface area contributed by atoms with E-state index < -0.39 is 0 Å². The van der Waals surface area contributed by atoms with Crippen molar-refractivity contribution in [3.8, 4) is 0 Å². The number of aromatic nitrogens is 2. The highest BCUT2D eigenvalue weighted by molar-refractivity contribution is 7.81. The van der Waals surface area contributed by atoms with Gasteiger partial charge < -0.3 is 9.29 Å². The number of imidazole rings is 1. The summed E-state index contributed by atoms with van der Waals surface area (Å²) in [6.45, 7) is 0.840. The van der Waals surface area contributed by atoms with Crippen LogP contribution in [0.3, 0.4) is 0 Å². The van der Waals surface area contributed by atoms with Gasteiger partial charge in [-0.1, -0.05) is 12.8 Å². The van der Waals surface area contributed by atoms with Crippen molar-refractivity contribution in [1.29, 1.82) is 0 Å². The minimum Gasteiger partial charge on any atom is -0.312 e. The molecule has 0 aliphatic rings. The highest BCUT2D eigenvalue weighted by Crippen LogP contribution is 2.12. The second-order valence-electron chi connectivity index (χ2n) is 2.62. The molecule has 2 heterocycles. The molecule has 0 saturated carbocycles. The largest absolute Gasteiger partial charge is 0.312 e. The van der Waals surface area contributed by atoms with Crippen molar-refractivity contribution in [1.82, 2.24) is 9.55 Å². The lowest BCUT2D eigenvalue weighted by molar-refractivity contribution is 0.814. The summed E-state index contributed by atoms with van der Waals surface area (Å²) in [7, 11) is 0. The van der Waals surface area contributed by atoms with Crippen LogP contribution in [0.2, 0.25) is 0 Å². The van der Waals surface area contributed by atoms with Gasteiger partial charge in [0, 0.05) is 12.4 Å². The molecule has 1 N–H and O–H groups in total. The molecule has 0 atom stereocenters. The third-order valence-electron chi connectivity index (χ3n) is 1.75. The van der Waals surface area contributed by atoms with Gasteiger partial charge in [-0.2, -0.15) is 11.3 Å². The van der Waals surface area contributed by atoms with Gasteiger partial charge in [0.05, 0.1) is 6.54 Å². The highest BCUT2D eigenvalue weighted by Gasteiger charge is 2.00. The highest BCUT2D eigenvalue weighted by atomic mass is 32.1. The summed E-state index contributed by atoms with van der Waals surface area (Å²) in [6.07, 6.45) is 3.68. The Morgan fingerprint density at radius 3 is 3.23 bits per heavy atom. The van der Waals surface area contributed by atoms with Gasteiger partial charge in [0.25, 0.3) is 0 Å². The SMILES string of the molecule is SNc1nccn1Cc1ccsc1. The summed E-state index contributed by atoms with van der Waals surface area (Å²) in [5.74, 6) is 0.773. The Morgan fingerprint density at radius 2 is 2.54 bits per heavy atom. The molecule has 0 unspecified atom stereocenters. The van der Waals surface area contributed by atoms with E-state index in [1.165, 1.54) is 5.56 Å². The number of nitrogens with zero attached hydrogens (tertiary/aromatic N) is 2. The summed E-state index contributed by atoms with van der Waals surface area (Å²) in [6, 6.07) is 2.10. The zero-order chi connectivity index (χ0) is 9.10. The summed E-state index contributed by atoms with van der Waals surface area (Å²) in [5, 5.41) is 4.20. The van der Waals surface area contributed by atoms with Gasteiger partial charge in [-0.15, -0.1) is 0 Å². The molecule has 0 aliphatic heterocycles. The van der Waals surface area contributed by atoms with Crippen LogP contribution in [-0.4, -0.2) is 9.55 Å². The Balaban J connectivity index is 2.18. The van der Waals surface area contributed by atoms with Crippen LogP contribution < -0.4 is 4.72 Å². The van der Waals surface area contributed by atoms with E-state index in [4.69, 9.17) is 0 Å². The third-order valence-corrected chi connectivity index (χ3v) is 2.68. The Labute approximate surface area is 86.0 Å². The predicted molar refractivity (Wildman–Crippen MR) is 58.3 cm³/mol. The first-order valence-electron chi connectivity index (χ1n) is 3.82. The molecule has 0 aromatic carbocycles. The first kappa shape index (κ1) is 8.65. The molecule has 68 valence electrons. The van der Waals surface area contributed by atoms with Crippen molar-refractivity contribution in [2.24, 2.45) is 0 Å². The topological polar surface area (TPSA) is 29.9 Å². The predicted octanol–water partition coefficient (Wildman–Crippen LogP) is 2.25. The minimum atomic E-state index is 0.773. The fraction of sp³-hybridized carbons (Fsp3) is 0.125. The number of rotatable bonds is 3. The number of hydrogen-bond donors (Lipinski definition) is 2. The van der Waals surface area contributed by atoms with E-state index in [0.717, 1.165) is 12.5 Å². The van der Waals surface area contributed by atoms with Gasteiger partial charge in [-0.25, -0.2) is 4.98 Å². The van der Waals surface area contributed by atoms with E-state index in [9.17, 15) is 0 Å². The van der Waals surface area contributed by atoms with Crippen LogP contribution in [0, 0.1) is 0 Å². The molecule has 2 aromatic rings. The first-order chi connectivity index (χ1) is 6.40. The van der Waals surface area contributed by atoms with Gasteiger partial charge in [0.1, 0.15) is 0 Å². The van der Waals surface area contributed by atoms with E-state index in [1.807, 2.05) is 10.8 Å². The van der Waals surface area contributed by atoms with Crippen LogP contribution in [0.15, 0.2) is 29.2 Å². The first-order valence-corrected chi connectivity index (χ1v) is 5.21. The van der Waals surface area contributed by atoms with Crippen LogP contribution in [0.5, 0.6) is 0 Å². The molecule has 2 aromatic heterocycles. The minimum absolute atomic E-state index is 0.773. The number of hydrogen-bond acceptors (Lipinski definition) is 4. The van der Waals surface area contributed by atoms with Gasteiger partial charge >= 0.3 is 0 Å². The second kappa shape index (κ2) is 3.85. The normalized spacial score (nSPS) is 10.2. The van der Waals surface area contributed by atoms with Gasteiger partial charge in [0.15, 0.2) is 0 Å². The lowest BCUT2D eigenvalue weighted by atomic mass is 10.3.